The molecule has 0 bridgehead atoms. The highest BCUT2D eigenvalue weighted by atomic mass is 15.1. The summed E-state index contributed by atoms with van der Waals surface area (Å²) >= 11 is 0. The van der Waals surface area contributed by atoms with Crippen LogP contribution >= 0.6 is 0 Å². The molecule has 0 saturated carbocycles. The average Bonchev–Trinajstić information content (AvgIpc) is 3.22. The van der Waals surface area contributed by atoms with Gasteiger partial charge in [0.25, 0.3) is 5.82 Å². The van der Waals surface area contributed by atoms with Crippen LogP contribution in [0.3, 0.4) is 0 Å². The van der Waals surface area contributed by atoms with Crippen molar-refractivity contribution in [2.45, 2.75) is 188 Å². The zero-order valence-corrected chi connectivity index (χ0v) is 23.9. The maximum Gasteiger partial charge on any atom is 0.256 e. The van der Waals surface area contributed by atoms with Gasteiger partial charge in [0.15, 0.2) is 0 Å². The monoisotopic (exact) mass is 475 g/mol. The maximum atomic E-state index is 2.56. The van der Waals surface area contributed by atoms with E-state index in [1.54, 1.807) is 5.82 Å². The molecule has 0 spiro atoms. The number of aromatic nitrogens is 2. The van der Waals surface area contributed by atoms with Crippen LogP contribution in [-0.2, 0) is 19.5 Å². The fourth-order valence-electron chi connectivity index (χ4n) is 5.31. The van der Waals surface area contributed by atoms with Gasteiger partial charge in [0, 0.05) is 6.42 Å². The highest BCUT2D eigenvalue weighted by Gasteiger charge is 2.15. The number of nitrogens with zero attached hydrogens (tertiary/aromatic N) is 2. The van der Waals surface area contributed by atoms with Crippen LogP contribution in [-0.4, -0.2) is 4.57 Å². The van der Waals surface area contributed by atoms with E-state index in [0.29, 0.717) is 0 Å². The molecule has 0 saturated heterocycles. The molecule has 1 aromatic heterocycles. The molecule has 2 heteroatoms. The Morgan fingerprint density at radius 1 is 0.500 bits per heavy atom. The van der Waals surface area contributed by atoms with Crippen LogP contribution in [0.5, 0.6) is 0 Å². The molecule has 2 nitrogen and oxygen atoms in total. The van der Waals surface area contributed by atoms with E-state index in [9.17, 15) is 0 Å². The summed E-state index contributed by atoms with van der Waals surface area (Å²) in [5, 5.41) is 0. The largest absolute Gasteiger partial charge is 0.256 e. The lowest BCUT2D eigenvalue weighted by molar-refractivity contribution is -0.704. The van der Waals surface area contributed by atoms with Gasteiger partial charge >= 0.3 is 0 Å². The van der Waals surface area contributed by atoms with E-state index in [4.69, 9.17) is 0 Å². The number of hydrogen-bond donors (Lipinski definition) is 0. The molecule has 200 valence electrons. The van der Waals surface area contributed by atoms with Crippen molar-refractivity contribution in [3.05, 3.63) is 18.2 Å². The number of imidazole rings is 1. The molecule has 1 rings (SSSR count). The number of aryl methyl sites for hydroxylation is 2. The smallest absolute Gasteiger partial charge is 0.234 e. The standard InChI is InChI=1S/C32H63N2/c1-4-7-9-11-13-14-15-16-17-18-19-20-21-22-24-26-29-34-31-30-33(32(34)27-6-3)28-25-23-12-10-8-5-2/h30-31H,4-29H2,1-3H3/q+1. The van der Waals surface area contributed by atoms with Crippen molar-refractivity contribution in [2.75, 3.05) is 0 Å². The van der Waals surface area contributed by atoms with Gasteiger partial charge in [0.2, 0.25) is 0 Å². The summed E-state index contributed by atoms with van der Waals surface area (Å²) in [6.07, 6.45) is 38.6. The third kappa shape index (κ3) is 16.8. The molecular formula is C32H63N2+. The minimum absolute atomic E-state index is 1.22. The Hall–Kier alpha value is -0.790. The first kappa shape index (κ1) is 31.2. The molecule has 0 aliphatic rings. The number of hydrogen-bond acceptors (Lipinski definition) is 0. The van der Waals surface area contributed by atoms with E-state index < -0.39 is 0 Å². The van der Waals surface area contributed by atoms with E-state index >= 15 is 0 Å². The molecule has 0 unspecified atom stereocenters. The number of unbranched alkanes of at least 4 members (excludes halogenated alkanes) is 20. The Labute approximate surface area is 215 Å². The summed E-state index contributed by atoms with van der Waals surface area (Å²) in [5.74, 6) is 1.57. The molecule has 34 heavy (non-hydrogen) atoms. The van der Waals surface area contributed by atoms with E-state index in [2.05, 4.69) is 42.3 Å². The molecule has 0 radical (unpaired) electrons. The minimum atomic E-state index is 1.22. The lowest BCUT2D eigenvalue weighted by Gasteiger charge is -2.06. The normalized spacial score (nSPS) is 11.5. The lowest BCUT2D eigenvalue weighted by Crippen LogP contribution is -2.37. The van der Waals surface area contributed by atoms with Gasteiger partial charge in [-0.2, -0.15) is 0 Å². The SMILES string of the molecule is CCCCCCCCCCCCCCCCCCn1cc[n+](CCCCCCCC)c1CCC. The predicted octanol–water partition coefficient (Wildman–Crippen LogP) is 10.4. The van der Waals surface area contributed by atoms with Gasteiger partial charge in [0.1, 0.15) is 12.4 Å². The number of rotatable bonds is 26. The minimum Gasteiger partial charge on any atom is -0.234 e. The molecule has 0 N–H and O–H groups in total. The van der Waals surface area contributed by atoms with Gasteiger partial charge in [-0.15, -0.1) is 0 Å². The highest BCUT2D eigenvalue weighted by molar-refractivity contribution is 4.84. The van der Waals surface area contributed by atoms with E-state index in [1.807, 2.05) is 0 Å². The molecule has 0 aromatic carbocycles. The van der Waals surface area contributed by atoms with Crippen molar-refractivity contribution in [2.24, 2.45) is 0 Å². The quantitative estimate of drug-likeness (QED) is 0.0930. The fourth-order valence-corrected chi connectivity index (χ4v) is 5.31. The van der Waals surface area contributed by atoms with Crippen molar-refractivity contribution in [1.82, 2.24) is 4.57 Å². The van der Waals surface area contributed by atoms with Crippen LogP contribution in [0.2, 0.25) is 0 Å². The summed E-state index contributed by atoms with van der Waals surface area (Å²) in [6.45, 7) is 9.36. The Balaban J connectivity index is 2.01. The predicted molar refractivity (Wildman–Crippen MR) is 152 cm³/mol. The van der Waals surface area contributed by atoms with Gasteiger partial charge < -0.3 is 0 Å². The Morgan fingerprint density at radius 3 is 1.35 bits per heavy atom. The van der Waals surface area contributed by atoms with Crippen molar-refractivity contribution >= 4 is 0 Å². The van der Waals surface area contributed by atoms with Crippen LogP contribution in [0.15, 0.2) is 12.4 Å². The summed E-state index contributed by atoms with van der Waals surface area (Å²) in [7, 11) is 0. The zero-order chi connectivity index (χ0) is 24.5. The first-order chi connectivity index (χ1) is 16.8. The first-order valence-corrected chi connectivity index (χ1v) is 15.9. The third-order valence-electron chi connectivity index (χ3n) is 7.57. The van der Waals surface area contributed by atoms with Crippen molar-refractivity contribution in [3.63, 3.8) is 0 Å². The fraction of sp³-hybridized carbons (Fsp3) is 0.906. The van der Waals surface area contributed by atoms with Crippen LogP contribution in [0.25, 0.3) is 0 Å². The third-order valence-corrected chi connectivity index (χ3v) is 7.57. The molecule has 0 aliphatic heterocycles. The van der Waals surface area contributed by atoms with Crippen LogP contribution in [0, 0.1) is 0 Å². The lowest BCUT2D eigenvalue weighted by atomic mass is 10.0. The Morgan fingerprint density at radius 2 is 0.912 bits per heavy atom. The van der Waals surface area contributed by atoms with Gasteiger partial charge in [-0.05, 0) is 32.1 Å². The second kappa shape index (κ2) is 23.9. The van der Waals surface area contributed by atoms with Crippen molar-refractivity contribution in [1.29, 1.82) is 0 Å². The molecule has 1 heterocycles. The van der Waals surface area contributed by atoms with Crippen molar-refractivity contribution < 1.29 is 4.57 Å². The first-order valence-electron chi connectivity index (χ1n) is 15.9. The van der Waals surface area contributed by atoms with E-state index in [-0.39, 0.29) is 0 Å². The molecular weight excluding hydrogens is 412 g/mol. The Bertz CT molecular complexity index is 533. The van der Waals surface area contributed by atoms with Gasteiger partial charge in [-0.1, -0.05) is 136 Å². The van der Waals surface area contributed by atoms with Crippen LogP contribution in [0.4, 0.5) is 0 Å². The van der Waals surface area contributed by atoms with Crippen LogP contribution in [0.1, 0.15) is 174 Å². The molecule has 0 aliphatic carbocycles. The maximum absolute atomic E-state index is 2.56. The summed E-state index contributed by atoms with van der Waals surface area (Å²) < 4.78 is 5.11. The van der Waals surface area contributed by atoms with E-state index in [0.717, 1.165) is 0 Å². The Kier molecular flexibility index (Phi) is 22.0. The molecule has 0 amide bonds. The van der Waals surface area contributed by atoms with Crippen LogP contribution < -0.4 is 4.57 Å². The molecule has 0 atom stereocenters. The zero-order valence-electron chi connectivity index (χ0n) is 23.9. The second-order valence-electron chi connectivity index (χ2n) is 10.9. The topological polar surface area (TPSA) is 8.81 Å². The summed E-state index contributed by atoms with van der Waals surface area (Å²) in [5.41, 5.74) is 0. The van der Waals surface area contributed by atoms with Gasteiger partial charge in [0.05, 0.1) is 13.1 Å². The summed E-state index contributed by atoms with van der Waals surface area (Å²) in [4.78, 5) is 0. The van der Waals surface area contributed by atoms with E-state index in [1.165, 1.54) is 167 Å². The van der Waals surface area contributed by atoms with Gasteiger partial charge in [-0.3, -0.25) is 0 Å². The van der Waals surface area contributed by atoms with Crippen molar-refractivity contribution in [3.8, 4) is 0 Å². The second-order valence-corrected chi connectivity index (χ2v) is 10.9. The van der Waals surface area contributed by atoms with Gasteiger partial charge in [-0.25, -0.2) is 9.13 Å². The molecule has 1 aromatic rings. The molecule has 0 fully saturated rings. The summed E-state index contributed by atoms with van der Waals surface area (Å²) in [6, 6.07) is 0. The highest BCUT2D eigenvalue weighted by Crippen LogP contribution is 2.14. The average molecular weight is 476 g/mol.